The van der Waals surface area contributed by atoms with E-state index in [2.05, 4.69) is 15.5 Å². The molecule has 0 bridgehead atoms. The van der Waals surface area contributed by atoms with Crippen molar-refractivity contribution in [1.29, 1.82) is 0 Å². The van der Waals surface area contributed by atoms with E-state index in [0.717, 1.165) is 11.4 Å². The largest absolute Gasteiger partial charge is 0.481 e. The Labute approximate surface area is 144 Å². The molecule has 0 saturated heterocycles. The lowest BCUT2D eigenvalue weighted by atomic mass is 10.3. The van der Waals surface area contributed by atoms with Crippen molar-refractivity contribution in [3.63, 3.8) is 0 Å². The smallest absolute Gasteiger partial charge is 0.305 e. The number of hydrogen-bond acceptors (Lipinski definition) is 4. The summed E-state index contributed by atoms with van der Waals surface area (Å²) in [6.45, 7) is 5.04. The normalized spacial score (nSPS) is 10.8. The van der Waals surface area contributed by atoms with Crippen LogP contribution in [0.15, 0.2) is 12.3 Å². The van der Waals surface area contributed by atoms with Crippen molar-refractivity contribution in [3.05, 3.63) is 34.4 Å². The minimum Gasteiger partial charge on any atom is -0.481 e. The number of halogens is 1. The fourth-order valence-electron chi connectivity index (χ4n) is 2.32. The summed E-state index contributed by atoms with van der Waals surface area (Å²) in [4.78, 5) is 22.8. The maximum atomic E-state index is 12.1. The predicted octanol–water partition coefficient (Wildman–Crippen LogP) is 1.64. The van der Waals surface area contributed by atoms with Gasteiger partial charge >= 0.3 is 5.97 Å². The summed E-state index contributed by atoms with van der Waals surface area (Å²) >= 11 is 6.09. The third kappa shape index (κ3) is 4.35. The Morgan fingerprint density at radius 3 is 2.67 bits per heavy atom. The Morgan fingerprint density at radius 1 is 1.29 bits per heavy atom. The molecule has 0 spiro atoms. The summed E-state index contributed by atoms with van der Waals surface area (Å²) < 4.78 is 3.21. The molecule has 0 unspecified atom stereocenters. The van der Waals surface area contributed by atoms with Crippen LogP contribution in [0.3, 0.4) is 0 Å². The van der Waals surface area contributed by atoms with Gasteiger partial charge in [-0.1, -0.05) is 11.6 Å². The number of nitrogens with zero attached hydrogens (tertiary/aromatic N) is 4. The maximum Gasteiger partial charge on any atom is 0.305 e. The average molecular weight is 354 g/mol. The van der Waals surface area contributed by atoms with E-state index in [-0.39, 0.29) is 18.9 Å². The van der Waals surface area contributed by atoms with Crippen molar-refractivity contribution < 1.29 is 14.7 Å². The van der Waals surface area contributed by atoms with Gasteiger partial charge in [-0.05, 0) is 26.3 Å². The second-order valence-electron chi connectivity index (χ2n) is 5.40. The topological polar surface area (TPSA) is 102 Å². The molecule has 2 aromatic rings. The number of carboxylic acid groups (broad SMARTS) is 1. The molecule has 2 heterocycles. The van der Waals surface area contributed by atoms with Crippen LogP contribution in [-0.4, -0.2) is 43.1 Å². The fourth-order valence-corrected chi connectivity index (χ4v) is 2.45. The van der Waals surface area contributed by atoms with Crippen molar-refractivity contribution in [2.24, 2.45) is 0 Å². The van der Waals surface area contributed by atoms with Crippen molar-refractivity contribution in [3.8, 4) is 0 Å². The summed E-state index contributed by atoms with van der Waals surface area (Å²) in [7, 11) is 0. The zero-order valence-corrected chi connectivity index (χ0v) is 14.4. The Bertz CT molecular complexity index is 738. The summed E-state index contributed by atoms with van der Waals surface area (Å²) in [5.41, 5.74) is 2.05. The van der Waals surface area contributed by atoms with Crippen molar-refractivity contribution >= 4 is 23.5 Å². The number of rotatable bonds is 8. The van der Waals surface area contributed by atoms with Crippen molar-refractivity contribution in [2.45, 2.75) is 39.8 Å². The number of hydrogen-bond donors (Lipinski definition) is 2. The van der Waals surface area contributed by atoms with Crippen LogP contribution in [0.25, 0.3) is 0 Å². The molecule has 0 aromatic carbocycles. The minimum absolute atomic E-state index is 0.0827. The van der Waals surface area contributed by atoms with E-state index in [1.54, 1.807) is 6.07 Å². The monoisotopic (exact) mass is 353 g/mol. The van der Waals surface area contributed by atoms with E-state index >= 15 is 0 Å². The highest BCUT2D eigenvalue weighted by Gasteiger charge is 2.13. The van der Waals surface area contributed by atoms with Crippen molar-refractivity contribution in [1.82, 2.24) is 24.9 Å². The molecule has 0 saturated carbocycles. The molecule has 0 atom stereocenters. The van der Waals surface area contributed by atoms with Crippen LogP contribution in [-0.2, 0) is 17.9 Å². The highest BCUT2D eigenvalue weighted by atomic mass is 35.5. The fraction of sp³-hybridized carbons (Fsp3) is 0.467. The molecule has 0 fully saturated rings. The van der Waals surface area contributed by atoms with Gasteiger partial charge in [-0.25, -0.2) is 0 Å². The van der Waals surface area contributed by atoms with Gasteiger partial charge in [0.15, 0.2) is 0 Å². The maximum absolute atomic E-state index is 12.1. The molecule has 0 radical (unpaired) electrons. The Hall–Kier alpha value is -2.35. The number of aryl methyl sites for hydroxylation is 3. The van der Waals surface area contributed by atoms with Gasteiger partial charge in [0.25, 0.3) is 5.91 Å². The van der Waals surface area contributed by atoms with E-state index in [4.69, 9.17) is 16.7 Å². The van der Waals surface area contributed by atoms with Gasteiger partial charge in [0.1, 0.15) is 5.69 Å². The second kappa shape index (κ2) is 7.96. The zero-order valence-electron chi connectivity index (χ0n) is 13.6. The van der Waals surface area contributed by atoms with E-state index in [0.29, 0.717) is 30.2 Å². The lowest BCUT2D eigenvalue weighted by molar-refractivity contribution is -0.137. The second-order valence-corrected chi connectivity index (χ2v) is 5.78. The summed E-state index contributed by atoms with van der Waals surface area (Å²) in [6, 6.07) is 1.57. The number of carboxylic acids is 1. The molecular weight excluding hydrogens is 334 g/mol. The highest BCUT2D eigenvalue weighted by Crippen LogP contribution is 2.18. The van der Waals surface area contributed by atoms with Crippen LogP contribution in [0.4, 0.5) is 0 Å². The van der Waals surface area contributed by atoms with Gasteiger partial charge in [-0.2, -0.15) is 10.2 Å². The lowest BCUT2D eigenvalue weighted by Gasteiger charge is -2.08. The molecule has 130 valence electrons. The first-order valence-corrected chi connectivity index (χ1v) is 7.99. The predicted molar refractivity (Wildman–Crippen MR) is 88.1 cm³/mol. The third-order valence-electron chi connectivity index (χ3n) is 3.61. The SMILES string of the molecule is Cc1nn(CCCNC(=O)c2ccnn2CCC(=O)O)c(C)c1Cl. The van der Waals surface area contributed by atoms with Gasteiger partial charge in [0, 0.05) is 19.3 Å². The molecule has 8 nitrogen and oxygen atoms in total. The number of carbonyl (C=O) groups is 2. The summed E-state index contributed by atoms with van der Waals surface area (Å²) in [6.07, 6.45) is 2.10. The first-order valence-electron chi connectivity index (χ1n) is 7.61. The minimum atomic E-state index is -0.930. The van der Waals surface area contributed by atoms with E-state index in [9.17, 15) is 9.59 Å². The van der Waals surface area contributed by atoms with E-state index in [1.165, 1.54) is 10.9 Å². The standard InChI is InChI=1S/C15H20ClN5O3/c1-10-14(16)11(2)20(19-10)8-3-6-17-15(24)12-4-7-18-21(12)9-5-13(22)23/h4,7H,3,5-6,8-9H2,1-2H3,(H,17,24)(H,22,23). The van der Waals surface area contributed by atoms with E-state index < -0.39 is 5.97 Å². The van der Waals surface area contributed by atoms with Gasteiger partial charge in [0.2, 0.25) is 0 Å². The van der Waals surface area contributed by atoms with Crippen LogP contribution >= 0.6 is 11.6 Å². The number of nitrogens with one attached hydrogen (secondary N) is 1. The van der Waals surface area contributed by atoms with Crippen LogP contribution in [0.1, 0.15) is 34.7 Å². The van der Waals surface area contributed by atoms with Gasteiger partial charge in [-0.3, -0.25) is 19.0 Å². The Morgan fingerprint density at radius 2 is 2.04 bits per heavy atom. The summed E-state index contributed by atoms with van der Waals surface area (Å²) in [5.74, 6) is -1.20. The molecule has 2 aromatic heterocycles. The Kier molecular flexibility index (Phi) is 5.97. The van der Waals surface area contributed by atoms with Crippen LogP contribution in [0.2, 0.25) is 5.02 Å². The molecule has 2 N–H and O–H groups in total. The molecule has 0 aliphatic rings. The van der Waals surface area contributed by atoms with Crippen LogP contribution < -0.4 is 5.32 Å². The van der Waals surface area contributed by atoms with Gasteiger partial charge in [0.05, 0.1) is 29.4 Å². The number of aromatic nitrogens is 4. The summed E-state index contributed by atoms with van der Waals surface area (Å²) in [5, 5.41) is 20.5. The van der Waals surface area contributed by atoms with E-state index in [1.807, 2.05) is 18.5 Å². The van der Waals surface area contributed by atoms with Crippen molar-refractivity contribution in [2.75, 3.05) is 6.54 Å². The number of aliphatic carboxylic acids is 1. The molecule has 2 rings (SSSR count). The quantitative estimate of drug-likeness (QED) is 0.702. The first-order chi connectivity index (χ1) is 11.4. The third-order valence-corrected chi connectivity index (χ3v) is 4.16. The van der Waals surface area contributed by atoms with Crippen LogP contribution in [0, 0.1) is 13.8 Å². The number of carbonyl (C=O) groups excluding carboxylic acids is 1. The molecule has 1 amide bonds. The number of amides is 1. The molecule has 9 heteroatoms. The lowest BCUT2D eigenvalue weighted by Crippen LogP contribution is -2.28. The van der Waals surface area contributed by atoms with Gasteiger partial charge < -0.3 is 10.4 Å². The van der Waals surface area contributed by atoms with Crippen LogP contribution in [0.5, 0.6) is 0 Å². The molecule has 24 heavy (non-hydrogen) atoms. The molecular formula is C15H20ClN5O3. The zero-order chi connectivity index (χ0) is 17.7. The first kappa shape index (κ1) is 18.0. The average Bonchev–Trinajstić information content (AvgIpc) is 3.10. The molecule has 0 aliphatic carbocycles. The van der Waals surface area contributed by atoms with Gasteiger partial charge in [-0.15, -0.1) is 0 Å². The Balaban J connectivity index is 1.82. The molecule has 0 aliphatic heterocycles. The highest BCUT2D eigenvalue weighted by molar-refractivity contribution is 6.31.